The van der Waals surface area contributed by atoms with Gasteiger partial charge in [-0.2, -0.15) is 0 Å². The molecule has 0 aliphatic heterocycles. The number of rotatable bonds is 17. The zero-order valence-electron chi connectivity index (χ0n) is 15.0. The Balaban J connectivity index is 2.93. The minimum atomic E-state index is 0.320. The molecule has 0 aliphatic rings. The highest BCUT2D eigenvalue weighted by Crippen LogP contribution is 2.11. The maximum atomic E-state index is 5.55. The molecule has 0 unspecified atom stereocenters. The van der Waals surface area contributed by atoms with Gasteiger partial charge in [0.15, 0.2) is 0 Å². The van der Waals surface area contributed by atoms with Crippen molar-refractivity contribution in [1.29, 1.82) is 0 Å². The van der Waals surface area contributed by atoms with E-state index in [9.17, 15) is 0 Å². The SMILES string of the molecule is CCCCCCCCCCCCCCOCCOC(C)C. The molecule has 2 heteroatoms. The second-order valence-electron chi connectivity index (χ2n) is 6.42. The van der Waals surface area contributed by atoms with Gasteiger partial charge in [0, 0.05) is 6.61 Å². The van der Waals surface area contributed by atoms with Gasteiger partial charge in [0.25, 0.3) is 0 Å². The third-order valence-electron chi connectivity index (χ3n) is 3.82. The molecule has 0 saturated heterocycles. The van der Waals surface area contributed by atoms with Gasteiger partial charge >= 0.3 is 0 Å². The van der Waals surface area contributed by atoms with Crippen molar-refractivity contribution in [2.45, 2.75) is 104 Å². The molecule has 0 aromatic carbocycles. The summed E-state index contributed by atoms with van der Waals surface area (Å²) in [5.41, 5.74) is 0. The van der Waals surface area contributed by atoms with Gasteiger partial charge < -0.3 is 9.47 Å². The molecule has 2 nitrogen and oxygen atoms in total. The summed E-state index contributed by atoms with van der Waals surface area (Å²) >= 11 is 0. The van der Waals surface area contributed by atoms with Crippen molar-refractivity contribution in [2.24, 2.45) is 0 Å². The average Bonchev–Trinajstić information content (AvgIpc) is 2.46. The molecule has 128 valence electrons. The van der Waals surface area contributed by atoms with Gasteiger partial charge in [-0.3, -0.25) is 0 Å². The van der Waals surface area contributed by atoms with E-state index in [1.54, 1.807) is 0 Å². The monoisotopic (exact) mass is 300 g/mol. The first kappa shape index (κ1) is 20.9. The summed E-state index contributed by atoms with van der Waals surface area (Å²) in [4.78, 5) is 0. The van der Waals surface area contributed by atoms with Crippen LogP contribution in [0.2, 0.25) is 0 Å². The van der Waals surface area contributed by atoms with Crippen LogP contribution in [0.1, 0.15) is 97.8 Å². The molecule has 21 heavy (non-hydrogen) atoms. The average molecular weight is 301 g/mol. The number of ether oxygens (including phenoxy) is 2. The Labute approximate surface area is 134 Å². The lowest BCUT2D eigenvalue weighted by atomic mass is 10.1. The summed E-state index contributed by atoms with van der Waals surface area (Å²) in [5, 5.41) is 0. The lowest BCUT2D eigenvalue weighted by molar-refractivity contribution is 0.0186. The van der Waals surface area contributed by atoms with E-state index >= 15 is 0 Å². The van der Waals surface area contributed by atoms with E-state index in [1.807, 2.05) is 0 Å². The third-order valence-corrected chi connectivity index (χ3v) is 3.82. The minimum Gasteiger partial charge on any atom is -0.379 e. The molecule has 0 N–H and O–H groups in total. The Morgan fingerprint density at radius 3 is 1.52 bits per heavy atom. The predicted octanol–water partition coefficient (Wildman–Crippen LogP) is 6.13. The first-order chi connectivity index (χ1) is 10.3. The summed E-state index contributed by atoms with van der Waals surface area (Å²) in [7, 11) is 0. The third kappa shape index (κ3) is 19.9. The van der Waals surface area contributed by atoms with E-state index in [1.165, 1.54) is 77.0 Å². The molecule has 0 amide bonds. The Hall–Kier alpha value is -0.0800. The van der Waals surface area contributed by atoms with Gasteiger partial charge in [-0.15, -0.1) is 0 Å². The Morgan fingerprint density at radius 2 is 1.05 bits per heavy atom. The van der Waals surface area contributed by atoms with E-state index in [-0.39, 0.29) is 0 Å². The fourth-order valence-corrected chi connectivity index (χ4v) is 2.49. The maximum Gasteiger partial charge on any atom is 0.0703 e. The van der Waals surface area contributed by atoms with Crippen LogP contribution < -0.4 is 0 Å². The summed E-state index contributed by atoms with van der Waals surface area (Å²) in [6, 6.07) is 0. The molecular weight excluding hydrogens is 260 g/mol. The van der Waals surface area contributed by atoms with E-state index in [0.717, 1.165) is 19.8 Å². The zero-order chi connectivity index (χ0) is 15.6. The summed E-state index contributed by atoms with van der Waals surface area (Å²) < 4.78 is 11.0. The number of unbranched alkanes of at least 4 members (excludes halogenated alkanes) is 11. The normalized spacial score (nSPS) is 11.4. The van der Waals surface area contributed by atoms with Gasteiger partial charge in [-0.25, -0.2) is 0 Å². The maximum absolute atomic E-state index is 5.55. The smallest absolute Gasteiger partial charge is 0.0703 e. The predicted molar refractivity (Wildman–Crippen MR) is 93.0 cm³/mol. The molecule has 0 fully saturated rings. The van der Waals surface area contributed by atoms with E-state index < -0.39 is 0 Å². The van der Waals surface area contributed by atoms with Crippen molar-refractivity contribution < 1.29 is 9.47 Å². The van der Waals surface area contributed by atoms with Gasteiger partial charge in [0.2, 0.25) is 0 Å². The van der Waals surface area contributed by atoms with Crippen LogP contribution in [-0.4, -0.2) is 25.9 Å². The lowest BCUT2D eigenvalue weighted by Gasteiger charge is -2.08. The fraction of sp³-hybridized carbons (Fsp3) is 1.00. The summed E-state index contributed by atoms with van der Waals surface area (Å²) in [6.07, 6.45) is 17.1. The van der Waals surface area contributed by atoms with Gasteiger partial charge in [-0.1, -0.05) is 77.6 Å². The molecule has 0 rings (SSSR count). The Morgan fingerprint density at radius 1 is 0.571 bits per heavy atom. The van der Waals surface area contributed by atoms with Crippen molar-refractivity contribution in [3.05, 3.63) is 0 Å². The molecule has 0 radical (unpaired) electrons. The van der Waals surface area contributed by atoms with Crippen molar-refractivity contribution in [1.82, 2.24) is 0 Å². The minimum absolute atomic E-state index is 0.320. The van der Waals surface area contributed by atoms with Crippen LogP contribution in [-0.2, 0) is 9.47 Å². The van der Waals surface area contributed by atoms with Crippen molar-refractivity contribution in [3.8, 4) is 0 Å². The van der Waals surface area contributed by atoms with E-state index in [4.69, 9.17) is 9.47 Å². The highest BCUT2D eigenvalue weighted by molar-refractivity contribution is 4.48. The zero-order valence-corrected chi connectivity index (χ0v) is 15.0. The molecule has 0 aromatic heterocycles. The van der Waals surface area contributed by atoms with Gasteiger partial charge in [-0.05, 0) is 20.3 Å². The van der Waals surface area contributed by atoms with E-state index in [2.05, 4.69) is 20.8 Å². The molecular formula is C19H40O2. The number of hydrogen-bond acceptors (Lipinski definition) is 2. The lowest BCUT2D eigenvalue weighted by Crippen LogP contribution is -2.10. The van der Waals surface area contributed by atoms with Crippen LogP contribution in [0.3, 0.4) is 0 Å². The van der Waals surface area contributed by atoms with Crippen LogP contribution in [0.4, 0.5) is 0 Å². The molecule has 0 saturated carbocycles. The molecule has 0 aromatic rings. The number of hydrogen-bond donors (Lipinski definition) is 0. The second-order valence-corrected chi connectivity index (χ2v) is 6.42. The van der Waals surface area contributed by atoms with Crippen molar-refractivity contribution in [3.63, 3.8) is 0 Å². The summed E-state index contributed by atoms with van der Waals surface area (Å²) in [6.45, 7) is 8.78. The second kappa shape index (κ2) is 18.0. The van der Waals surface area contributed by atoms with E-state index in [0.29, 0.717) is 6.10 Å². The van der Waals surface area contributed by atoms with Crippen LogP contribution in [0.5, 0.6) is 0 Å². The molecule has 0 atom stereocenters. The van der Waals surface area contributed by atoms with Crippen LogP contribution >= 0.6 is 0 Å². The molecule has 0 aliphatic carbocycles. The fourth-order valence-electron chi connectivity index (χ4n) is 2.49. The summed E-state index contributed by atoms with van der Waals surface area (Å²) in [5.74, 6) is 0. The van der Waals surface area contributed by atoms with Crippen molar-refractivity contribution in [2.75, 3.05) is 19.8 Å². The standard InChI is InChI=1S/C19H40O2/c1-4-5-6-7-8-9-10-11-12-13-14-15-16-20-17-18-21-19(2)3/h19H,4-18H2,1-3H3. The first-order valence-electron chi connectivity index (χ1n) is 9.46. The van der Waals surface area contributed by atoms with Gasteiger partial charge in [0.05, 0.1) is 19.3 Å². The van der Waals surface area contributed by atoms with Crippen molar-refractivity contribution >= 4 is 0 Å². The van der Waals surface area contributed by atoms with Crippen LogP contribution in [0.15, 0.2) is 0 Å². The van der Waals surface area contributed by atoms with Gasteiger partial charge in [0.1, 0.15) is 0 Å². The molecule has 0 spiro atoms. The molecule has 0 heterocycles. The largest absolute Gasteiger partial charge is 0.379 e. The topological polar surface area (TPSA) is 18.5 Å². The van der Waals surface area contributed by atoms with Crippen LogP contribution in [0, 0.1) is 0 Å². The highest BCUT2D eigenvalue weighted by Gasteiger charge is 1.95. The quantitative estimate of drug-likeness (QED) is 0.301. The Kier molecular flexibility index (Phi) is 17.9. The molecule has 0 bridgehead atoms. The first-order valence-corrected chi connectivity index (χ1v) is 9.46. The Bertz CT molecular complexity index is 180. The highest BCUT2D eigenvalue weighted by atomic mass is 16.5. The van der Waals surface area contributed by atoms with Crippen LogP contribution in [0.25, 0.3) is 0 Å².